The lowest BCUT2D eigenvalue weighted by atomic mass is 10.2. The minimum atomic E-state index is -0.148. The normalized spacial score (nSPS) is 11.1. The van der Waals surface area contributed by atoms with Crippen molar-refractivity contribution in [3.8, 4) is 0 Å². The van der Waals surface area contributed by atoms with Crippen molar-refractivity contribution in [3.63, 3.8) is 0 Å². The van der Waals surface area contributed by atoms with Gasteiger partial charge >= 0.3 is 0 Å². The molecular weight excluding hydrogens is 194 g/mol. The quantitative estimate of drug-likeness (QED) is 0.716. The van der Waals surface area contributed by atoms with Gasteiger partial charge in [0, 0.05) is 13.6 Å². The fourth-order valence-electron chi connectivity index (χ4n) is 1.77. The highest BCUT2D eigenvalue weighted by Gasteiger charge is 2.14. The molecule has 6 heteroatoms. The summed E-state index contributed by atoms with van der Waals surface area (Å²) in [6.45, 7) is 4.17. The van der Waals surface area contributed by atoms with Crippen LogP contribution in [0.25, 0.3) is 10.9 Å². The Hall–Kier alpha value is -1.85. The Kier molecular flexibility index (Phi) is 1.99. The van der Waals surface area contributed by atoms with Gasteiger partial charge in [-0.3, -0.25) is 9.48 Å². The lowest BCUT2D eigenvalue weighted by molar-refractivity contribution is 0.622. The van der Waals surface area contributed by atoms with Gasteiger partial charge in [-0.1, -0.05) is 0 Å². The number of hydrogen-bond acceptors (Lipinski definition) is 4. The molecule has 2 aromatic heterocycles. The molecule has 0 saturated carbocycles. The highest BCUT2D eigenvalue weighted by Crippen LogP contribution is 2.18. The van der Waals surface area contributed by atoms with Crippen LogP contribution in [0.1, 0.15) is 12.6 Å². The maximum Gasteiger partial charge on any atom is 0.293 e. The topological polar surface area (TPSA) is 78.7 Å². The maximum atomic E-state index is 11.9. The monoisotopic (exact) mass is 207 g/mol. The molecule has 0 saturated heterocycles. The molecule has 6 nitrogen and oxygen atoms in total. The van der Waals surface area contributed by atoms with Gasteiger partial charge < -0.3 is 5.73 Å². The van der Waals surface area contributed by atoms with Gasteiger partial charge in [0.1, 0.15) is 5.52 Å². The molecule has 0 atom stereocenters. The van der Waals surface area contributed by atoms with Crippen LogP contribution in [0.3, 0.4) is 0 Å². The van der Waals surface area contributed by atoms with E-state index in [0.717, 1.165) is 5.69 Å². The first-order chi connectivity index (χ1) is 7.06. The highest BCUT2D eigenvalue weighted by molar-refractivity contribution is 5.89. The third-order valence-corrected chi connectivity index (χ3v) is 2.44. The Bertz CT molecular complexity index is 580. The summed E-state index contributed by atoms with van der Waals surface area (Å²) < 4.78 is 2.90. The van der Waals surface area contributed by atoms with Gasteiger partial charge in [-0.25, -0.2) is 4.68 Å². The number of aromatic nitrogens is 4. The van der Waals surface area contributed by atoms with Crippen molar-refractivity contribution in [1.82, 2.24) is 19.6 Å². The summed E-state index contributed by atoms with van der Waals surface area (Å²) in [5.74, 6) is 0.358. The van der Waals surface area contributed by atoms with E-state index in [1.807, 2.05) is 13.8 Å². The zero-order valence-corrected chi connectivity index (χ0v) is 8.98. The van der Waals surface area contributed by atoms with Crippen molar-refractivity contribution in [1.29, 1.82) is 0 Å². The number of fused-ring (bicyclic) bond motifs is 1. The molecule has 0 spiro atoms. The molecule has 80 valence electrons. The SMILES string of the molecule is CCn1nc(N)c2c(C)nn(C)c2c1=O. The molecule has 2 aromatic rings. The maximum absolute atomic E-state index is 11.9. The van der Waals surface area contributed by atoms with Gasteiger partial charge in [-0.05, 0) is 13.8 Å². The van der Waals surface area contributed by atoms with Crippen LogP contribution in [0.2, 0.25) is 0 Å². The third-order valence-electron chi connectivity index (χ3n) is 2.44. The zero-order valence-electron chi connectivity index (χ0n) is 8.98. The summed E-state index contributed by atoms with van der Waals surface area (Å²) in [5, 5.41) is 8.85. The van der Waals surface area contributed by atoms with E-state index in [4.69, 9.17) is 5.73 Å². The fraction of sp³-hybridized carbons (Fsp3) is 0.444. The molecule has 2 rings (SSSR count). The molecule has 0 bridgehead atoms. The Morgan fingerprint density at radius 1 is 1.40 bits per heavy atom. The minimum absolute atomic E-state index is 0.148. The molecule has 2 heterocycles. The third kappa shape index (κ3) is 1.21. The Labute approximate surface area is 86.3 Å². The summed E-state index contributed by atoms with van der Waals surface area (Å²) >= 11 is 0. The van der Waals surface area contributed by atoms with Crippen LogP contribution in [0.5, 0.6) is 0 Å². The molecule has 0 amide bonds. The van der Waals surface area contributed by atoms with Gasteiger partial charge in [-0.2, -0.15) is 10.2 Å². The summed E-state index contributed by atoms with van der Waals surface area (Å²) in [6, 6.07) is 0. The Morgan fingerprint density at radius 2 is 2.07 bits per heavy atom. The second-order valence-electron chi connectivity index (χ2n) is 3.44. The number of nitrogens with zero attached hydrogens (tertiary/aromatic N) is 4. The van der Waals surface area contributed by atoms with Crippen LogP contribution in [-0.4, -0.2) is 19.6 Å². The van der Waals surface area contributed by atoms with Crippen molar-refractivity contribution in [2.24, 2.45) is 7.05 Å². The summed E-state index contributed by atoms with van der Waals surface area (Å²) in [5.41, 5.74) is 6.89. The first-order valence-electron chi connectivity index (χ1n) is 4.76. The van der Waals surface area contributed by atoms with Gasteiger partial charge in [0.05, 0.1) is 11.1 Å². The average Bonchev–Trinajstić information content (AvgIpc) is 2.48. The molecule has 15 heavy (non-hydrogen) atoms. The molecule has 2 N–H and O–H groups in total. The molecule has 0 aliphatic carbocycles. The number of rotatable bonds is 1. The smallest absolute Gasteiger partial charge is 0.293 e. The lowest BCUT2D eigenvalue weighted by Gasteiger charge is -2.03. The van der Waals surface area contributed by atoms with E-state index >= 15 is 0 Å². The van der Waals surface area contributed by atoms with Gasteiger partial charge in [0.25, 0.3) is 5.56 Å². The van der Waals surface area contributed by atoms with Crippen molar-refractivity contribution >= 4 is 16.7 Å². The van der Waals surface area contributed by atoms with Crippen molar-refractivity contribution < 1.29 is 0 Å². The number of nitrogen functional groups attached to an aromatic ring is 1. The average molecular weight is 207 g/mol. The Morgan fingerprint density at radius 3 is 2.67 bits per heavy atom. The minimum Gasteiger partial charge on any atom is -0.382 e. The molecular formula is C9H13N5O. The number of aryl methyl sites for hydroxylation is 3. The molecule has 0 fully saturated rings. The zero-order chi connectivity index (χ0) is 11.2. The number of nitrogens with two attached hydrogens (primary N) is 1. The van der Waals surface area contributed by atoms with E-state index in [-0.39, 0.29) is 5.56 Å². The van der Waals surface area contributed by atoms with Gasteiger partial charge in [0.2, 0.25) is 0 Å². The van der Waals surface area contributed by atoms with Crippen LogP contribution in [0.15, 0.2) is 4.79 Å². The largest absolute Gasteiger partial charge is 0.382 e. The highest BCUT2D eigenvalue weighted by atomic mass is 16.1. The van der Waals surface area contributed by atoms with E-state index in [2.05, 4.69) is 10.2 Å². The van der Waals surface area contributed by atoms with Crippen LogP contribution >= 0.6 is 0 Å². The Balaban J connectivity index is 3.03. The van der Waals surface area contributed by atoms with Gasteiger partial charge in [0.15, 0.2) is 5.82 Å². The van der Waals surface area contributed by atoms with Crippen molar-refractivity contribution in [2.75, 3.05) is 5.73 Å². The second kappa shape index (κ2) is 3.08. The van der Waals surface area contributed by atoms with Crippen molar-refractivity contribution in [3.05, 3.63) is 16.0 Å². The van der Waals surface area contributed by atoms with Crippen LogP contribution < -0.4 is 11.3 Å². The number of anilines is 1. The predicted octanol–water partition coefficient (Wildman–Crippen LogP) is 0.0405. The molecule has 0 radical (unpaired) electrons. The van der Waals surface area contributed by atoms with Crippen LogP contribution in [0, 0.1) is 6.92 Å². The number of hydrogen-bond donors (Lipinski definition) is 1. The predicted molar refractivity (Wildman–Crippen MR) is 57.6 cm³/mol. The van der Waals surface area contributed by atoms with E-state index in [0.29, 0.717) is 23.3 Å². The van der Waals surface area contributed by atoms with Crippen LogP contribution in [0.4, 0.5) is 5.82 Å². The molecule has 0 aliphatic rings. The second-order valence-corrected chi connectivity index (χ2v) is 3.44. The summed E-state index contributed by atoms with van der Waals surface area (Å²) in [7, 11) is 1.73. The summed E-state index contributed by atoms with van der Waals surface area (Å²) in [6.07, 6.45) is 0. The molecule has 0 unspecified atom stereocenters. The standard InChI is InChI=1S/C9H13N5O/c1-4-14-9(15)7-6(8(10)12-14)5(2)11-13(7)3/h4H2,1-3H3,(H2,10,12). The first kappa shape index (κ1) is 9.70. The van der Waals surface area contributed by atoms with E-state index in [1.165, 1.54) is 4.68 Å². The van der Waals surface area contributed by atoms with Gasteiger partial charge in [-0.15, -0.1) is 0 Å². The fourth-order valence-corrected chi connectivity index (χ4v) is 1.77. The summed E-state index contributed by atoms with van der Waals surface area (Å²) in [4.78, 5) is 11.9. The van der Waals surface area contributed by atoms with E-state index < -0.39 is 0 Å². The lowest BCUT2D eigenvalue weighted by Crippen LogP contribution is -2.24. The van der Waals surface area contributed by atoms with E-state index in [9.17, 15) is 4.79 Å². The molecule has 0 aromatic carbocycles. The van der Waals surface area contributed by atoms with Crippen LogP contribution in [-0.2, 0) is 13.6 Å². The van der Waals surface area contributed by atoms with E-state index in [1.54, 1.807) is 11.7 Å². The molecule has 0 aliphatic heterocycles. The van der Waals surface area contributed by atoms with Crippen molar-refractivity contribution in [2.45, 2.75) is 20.4 Å². The first-order valence-corrected chi connectivity index (χ1v) is 4.76.